The van der Waals surface area contributed by atoms with E-state index >= 15 is 0 Å². The van der Waals surface area contributed by atoms with Gasteiger partial charge in [-0.2, -0.15) is 0 Å². The first kappa shape index (κ1) is 11.9. The zero-order valence-corrected chi connectivity index (χ0v) is 10.7. The number of carbonyl (C=O) groups is 1. The number of nitrogens with one attached hydrogen (secondary N) is 1. The van der Waals surface area contributed by atoms with Crippen molar-refractivity contribution < 1.29 is 4.79 Å². The highest BCUT2D eigenvalue weighted by molar-refractivity contribution is 8.13. The van der Waals surface area contributed by atoms with Crippen LogP contribution in [0.1, 0.15) is 5.56 Å². The fourth-order valence-corrected chi connectivity index (χ4v) is 2.59. The van der Waals surface area contributed by atoms with Crippen molar-refractivity contribution >= 4 is 40.7 Å². The SMILES string of the molecule is Nc1cccc(CSC2=NC3C(=O)NC=NC3=N2)c1. The number of fused-ring (bicyclic) bond motifs is 1. The Balaban J connectivity index is 1.69. The Morgan fingerprint density at radius 3 is 3.11 bits per heavy atom. The topological polar surface area (TPSA) is 92.2 Å². The summed E-state index contributed by atoms with van der Waals surface area (Å²) in [5.74, 6) is 0.978. The minimum atomic E-state index is -0.589. The van der Waals surface area contributed by atoms with Crippen molar-refractivity contribution in [3.8, 4) is 0 Å². The number of carbonyl (C=O) groups excluding carboxylic acids is 1. The molecule has 1 atom stereocenters. The Hall–Kier alpha value is -2.15. The standard InChI is InChI=1S/C12H11N5OS/c13-8-3-1-2-7(4-8)5-19-12-16-9-10(17-12)14-6-15-11(9)18/h1-4,6,9H,5,13H2,(H,14,15,16,17,18). The van der Waals surface area contributed by atoms with Gasteiger partial charge in [0.2, 0.25) is 0 Å². The van der Waals surface area contributed by atoms with Gasteiger partial charge in [-0.05, 0) is 17.7 Å². The number of hydrogen-bond donors (Lipinski definition) is 2. The molecule has 2 heterocycles. The minimum absolute atomic E-state index is 0.187. The third-order valence-electron chi connectivity index (χ3n) is 2.67. The van der Waals surface area contributed by atoms with Crippen molar-refractivity contribution in [1.29, 1.82) is 0 Å². The lowest BCUT2D eigenvalue weighted by Crippen LogP contribution is -2.40. The molecule has 0 aromatic heterocycles. The number of nitrogens with two attached hydrogens (primary N) is 1. The average Bonchev–Trinajstić information content (AvgIpc) is 2.81. The van der Waals surface area contributed by atoms with Crippen LogP contribution in [0.2, 0.25) is 0 Å². The lowest BCUT2D eigenvalue weighted by Gasteiger charge is -2.09. The number of aliphatic imine (C=N–C) groups is 3. The van der Waals surface area contributed by atoms with E-state index < -0.39 is 6.04 Å². The summed E-state index contributed by atoms with van der Waals surface area (Å²) in [5.41, 5.74) is 7.54. The molecule has 0 aliphatic carbocycles. The maximum absolute atomic E-state index is 11.5. The van der Waals surface area contributed by atoms with E-state index in [0.717, 1.165) is 11.3 Å². The zero-order chi connectivity index (χ0) is 13.2. The van der Waals surface area contributed by atoms with E-state index in [1.807, 2.05) is 24.3 Å². The van der Waals surface area contributed by atoms with Gasteiger partial charge < -0.3 is 11.1 Å². The van der Waals surface area contributed by atoms with Crippen molar-refractivity contribution in [2.45, 2.75) is 11.8 Å². The quantitative estimate of drug-likeness (QED) is 0.780. The molecule has 19 heavy (non-hydrogen) atoms. The third-order valence-corrected chi connectivity index (χ3v) is 3.60. The van der Waals surface area contributed by atoms with Gasteiger partial charge in [0.15, 0.2) is 17.0 Å². The van der Waals surface area contributed by atoms with Crippen molar-refractivity contribution in [2.24, 2.45) is 15.0 Å². The molecule has 96 valence electrons. The number of nitrogens with zero attached hydrogens (tertiary/aromatic N) is 3. The molecule has 2 aliphatic heterocycles. The molecule has 0 saturated carbocycles. The van der Waals surface area contributed by atoms with Crippen LogP contribution in [0.5, 0.6) is 0 Å². The molecule has 0 fully saturated rings. The summed E-state index contributed by atoms with van der Waals surface area (Å²) in [6.45, 7) is 0. The van der Waals surface area contributed by atoms with Gasteiger partial charge in [0.05, 0.1) is 6.34 Å². The van der Waals surface area contributed by atoms with Crippen LogP contribution in [0.25, 0.3) is 0 Å². The van der Waals surface area contributed by atoms with E-state index in [9.17, 15) is 4.79 Å². The monoisotopic (exact) mass is 273 g/mol. The number of hydrogen-bond acceptors (Lipinski definition) is 6. The molecule has 1 unspecified atom stereocenters. The van der Waals surface area contributed by atoms with Crippen LogP contribution >= 0.6 is 11.8 Å². The van der Waals surface area contributed by atoms with Crippen molar-refractivity contribution in [2.75, 3.05) is 5.73 Å². The van der Waals surface area contributed by atoms with Gasteiger partial charge in [-0.1, -0.05) is 23.9 Å². The van der Waals surface area contributed by atoms with Crippen molar-refractivity contribution in [3.63, 3.8) is 0 Å². The first-order chi connectivity index (χ1) is 9.22. The highest BCUT2D eigenvalue weighted by atomic mass is 32.2. The number of amides is 1. The highest BCUT2D eigenvalue weighted by Gasteiger charge is 2.31. The van der Waals surface area contributed by atoms with Crippen LogP contribution in [-0.2, 0) is 10.5 Å². The van der Waals surface area contributed by atoms with Crippen LogP contribution in [-0.4, -0.2) is 29.3 Å². The van der Waals surface area contributed by atoms with Gasteiger partial charge in [-0.15, -0.1) is 0 Å². The van der Waals surface area contributed by atoms with E-state index in [1.165, 1.54) is 18.1 Å². The fourth-order valence-electron chi connectivity index (χ4n) is 1.77. The van der Waals surface area contributed by atoms with Gasteiger partial charge in [0, 0.05) is 11.4 Å². The van der Waals surface area contributed by atoms with E-state index in [4.69, 9.17) is 5.73 Å². The lowest BCUT2D eigenvalue weighted by molar-refractivity contribution is -0.119. The van der Waals surface area contributed by atoms with Gasteiger partial charge in [0.1, 0.15) is 0 Å². The molecule has 3 rings (SSSR count). The van der Waals surface area contributed by atoms with Crippen LogP contribution in [0.3, 0.4) is 0 Å². The molecule has 0 saturated heterocycles. The minimum Gasteiger partial charge on any atom is -0.399 e. The predicted molar refractivity (Wildman–Crippen MR) is 77.4 cm³/mol. The molecule has 1 aromatic carbocycles. The molecular formula is C12H11N5OS. The predicted octanol–water partition coefficient (Wildman–Crippen LogP) is 0.797. The second kappa shape index (κ2) is 4.85. The van der Waals surface area contributed by atoms with E-state index in [0.29, 0.717) is 16.8 Å². The molecule has 2 aliphatic rings. The summed E-state index contributed by atoms with van der Waals surface area (Å²) < 4.78 is 0. The normalized spacial score (nSPS) is 20.6. The number of thioether (sulfide) groups is 1. The zero-order valence-electron chi connectivity index (χ0n) is 9.91. The molecule has 6 nitrogen and oxygen atoms in total. The Morgan fingerprint density at radius 1 is 1.42 bits per heavy atom. The van der Waals surface area contributed by atoms with Crippen LogP contribution < -0.4 is 11.1 Å². The van der Waals surface area contributed by atoms with Gasteiger partial charge in [-0.3, -0.25) is 4.79 Å². The summed E-state index contributed by atoms with van der Waals surface area (Å²) in [6, 6.07) is 7.06. The molecule has 0 spiro atoms. The molecule has 3 N–H and O–H groups in total. The lowest BCUT2D eigenvalue weighted by atomic mass is 10.2. The fraction of sp³-hybridized carbons (Fsp3) is 0.167. The summed E-state index contributed by atoms with van der Waals surface area (Å²) >= 11 is 1.47. The summed E-state index contributed by atoms with van der Waals surface area (Å²) in [7, 11) is 0. The highest BCUT2D eigenvalue weighted by Crippen LogP contribution is 2.21. The smallest absolute Gasteiger partial charge is 0.257 e. The summed E-state index contributed by atoms with van der Waals surface area (Å²) in [6.07, 6.45) is 1.35. The van der Waals surface area contributed by atoms with E-state index in [1.54, 1.807) is 0 Å². The molecule has 0 radical (unpaired) electrons. The maximum atomic E-state index is 11.5. The van der Waals surface area contributed by atoms with Crippen molar-refractivity contribution in [1.82, 2.24) is 5.32 Å². The summed E-state index contributed by atoms with van der Waals surface area (Å²) in [4.78, 5) is 24.0. The average molecular weight is 273 g/mol. The van der Waals surface area contributed by atoms with Gasteiger partial charge in [-0.25, -0.2) is 15.0 Å². The Morgan fingerprint density at radius 2 is 2.32 bits per heavy atom. The number of nitrogen functional groups attached to an aromatic ring is 1. The van der Waals surface area contributed by atoms with Crippen LogP contribution in [0.4, 0.5) is 5.69 Å². The van der Waals surface area contributed by atoms with E-state index in [-0.39, 0.29) is 5.91 Å². The molecular weight excluding hydrogens is 262 g/mol. The van der Waals surface area contributed by atoms with Crippen LogP contribution in [0.15, 0.2) is 39.2 Å². The second-order valence-electron chi connectivity index (χ2n) is 4.08. The number of anilines is 1. The first-order valence-electron chi connectivity index (χ1n) is 5.69. The Labute approximate surface area is 113 Å². The third kappa shape index (κ3) is 2.50. The molecule has 1 aromatic rings. The second-order valence-corrected chi connectivity index (χ2v) is 5.03. The van der Waals surface area contributed by atoms with Crippen LogP contribution in [0, 0.1) is 0 Å². The van der Waals surface area contributed by atoms with E-state index in [2.05, 4.69) is 20.3 Å². The molecule has 7 heteroatoms. The maximum Gasteiger partial charge on any atom is 0.257 e. The first-order valence-corrected chi connectivity index (χ1v) is 6.67. The largest absolute Gasteiger partial charge is 0.399 e. The number of rotatable bonds is 2. The Kier molecular flexibility index (Phi) is 3.04. The summed E-state index contributed by atoms with van der Waals surface area (Å²) in [5, 5.41) is 3.09. The Bertz CT molecular complexity index is 622. The molecule has 0 bridgehead atoms. The number of benzene rings is 1. The van der Waals surface area contributed by atoms with Gasteiger partial charge >= 0.3 is 0 Å². The van der Waals surface area contributed by atoms with Gasteiger partial charge in [0.25, 0.3) is 5.91 Å². The number of amidine groups is 2. The van der Waals surface area contributed by atoms with Crippen molar-refractivity contribution in [3.05, 3.63) is 29.8 Å². The molecule has 1 amide bonds.